The van der Waals surface area contributed by atoms with Crippen LogP contribution in [0.4, 0.5) is 4.79 Å². The zero-order valence-corrected chi connectivity index (χ0v) is 14.1. The molecule has 1 heterocycles. The first kappa shape index (κ1) is 17.5. The highest BCUT2D eigenvalue weighted by Gasteiger charge is 2.08. The highest BCUT2D eigenvalue weighted by molar-refractivity contribution is 5.93. The SMILES string of the molecule is O=C(NCCCn1ncc2cc(C(=O)O)ccc21)OCc1ccccc1. The molecule has 1 amide bonds. The first-order chi connectivity index (χ1) is 12.6. The van der Waals surface area contributed by atoms with Crippen molar-refractivity contribution in [2.24, 2.45) is 0 Å². The van der Waals surface area contributed by atoms with Gasteiger partial charge in [0.05, 0.1) is 17.3 Å². The minimum atomic E-state index is -0.960. The van der Waals surface area contributed by atoms with Gasteiger partial charge in [-0.05, 0) is 30.2 Å². The van der Waals surface area contributed by atoms with Crippen LogP contribution >= 0.6 is 0 Å². The fourth-order valence-corrected chi connectivity index (χ4v) is 2.59. The minimum Gasteiger partial charge on any atom is -0.478 e. The number of benzene rings is 2. The van der Waals surface area contributed by atoms with Crippen molar-refractivity contribution in [1.29, 1.82) is 0 Å². The van der Waals surface area contributed by atoms with Gasteiger partial charge in [-0.3, -0.25) is 4.68 Å². The molecule has 7 heteroatoms. The number of nitrogens with one attached hydrogen (secondary N) is 1. The zero-order valence-electron chi connectivity index (χ0n) is 14.1. The molecule has 0 fully saturated rings. The van der Waals surface area contributed by atoms with E-state index in [0.717, 1.165) is 16.5 Å². The van der Waals surface area contributed by atoms with Crippen LogP contribution in [0.1, 0.15) is 22.3 Å². The standard InChI is InChI=1S/C19H19N3O4/c23-18(24)15-7-8-17-16(11-15)12-21-22(17)10-4-9-20-19(25)26-13-14-5-2-1-3-6-14/h1-3,5-8,11-12H,4,9-10,13H2,(H,20,25)(H,23,24). The summed E-state index contributed by atoms with van der Waals surface area (Å²) >= 11 is 0. The molecule has 0 saturated heterocycles. The molecule has 3 rings (SSSR count). The summed E-state index contributed by atoms with van der Waals surface area (Å²) in [6, 6.07) is 14.4. The first-order valence-electron chi connectivity index (χ1n) is 8.27. The molecule has 0 unspecified atom stereocenters. The molecule has 0 aliphatic rings. The van der Waals surface area contributed by atoms with Crippen molar-refractivity contribution in [3.8, 4) is 0 Å². The summed E-state index contributed by atoms with van der Waals surface area (Å²) in [6.45, 7) is 1.31. The maximum absolute atomic E-state index is 11.7. The number of rotatable bonds is 7. The predicted octanol–water partition coefficient (Wildman–Crippen LogP) is 3.05. The number of aromatic nitrogens is 2. The van der Waals surface area contributed by atoms with Crippen molar-refractivity contribution >= 4 is 23.0 Å². The molecule has 3 aromatic rings. The van der Waals surface area contributed by atoms with Gasteiger partial charge in [0, 0.05) is 18.5 Å². The quantitative estimate of drug-likeness (QED) is 0.637. The zero-order chi connectivity index (χ0) is 18.4. The fourth-order valence-electron chi connectivity index (χ4n) is 2.59. The van der Waals surface area contributed by atoms with Crippen molar-refractivity contribution in [2.45, 2.75) is 19.6 Å². The number of aryl methyl sites for hydroxylation is 1. The summed E-state index contributed by atoms with van der Waals surface area (Å²) in [4.78, 5) is 22.7. The van der Waals surface area contributed by atoms with Crippen LogP contribution in [0.2, 0.25) is 0 Å². The monoisotopic (exact) mass is 353 g/mol. The molecule has 7 nitrogen and oxygen atoms in total. The Morgan fingerprint density at radius 1 is 1.15 bits per heavy atom. The second-order valence-corrected chi connectivity index (χ2v) is 5.79. The maximum atomic E-state index is 11.7. The number of carbonyl (C=O) groups is 2. The smallest absolute Gasteiger partial charge is 0.407 e. The van der Waals surface area contributed by atoms with Crippen LogP contribution in [-0.2, 0) is 17.9 Å². The largest absolute Gasteiger partial charge is 0.478 e. The maximum Gasteiger partial charge on any atom is 0.407 e. The van der Waals surface area contributed by atoms with E-state index in [1.807, 2.05) is 30.3 Å². The van der Waals surface area contributed by atoms with Crippen LogP contribution in [0.5, 0.6) is 0 Å². The van der Waals surface area contributed by atoms with E-state index < -0.39 is 12.1 Å². The Labute approximate surface area is 150 Å². The summed E-state index contributed by atoms with van der Waals surface area (Å²) in [7, 11) is 0. The Morgan fingerprint density at radius 3 is 2.73 bits per heavy atom. The Morgan fingerprint density at radius 2 is 1.96 bits per heavy atom. The lowest BCUT2D eigenvalue weighted by molar-refractivity contribution is 0.0697. The second-order valence-electron chi connectivity index (χ2n) is 5.79. The lowest BCUT2D eigenvalue weighted by Crippen LogP contribution is -2.26. The Hall–Kier alpha value is -3.35. The average molecular weight is 353 g/mol. The number of hydrogen-bond acceptors (Lipinski definition) is 4. The van der Waals surface area contributed by atoms with Gasteiger partial charge in [0.2, 0.25) is 0 Å². The van der Waals surface area contributed by atoms with E-state index in [9.17, 15) is 9.59 Å². The molecule has 0 aliphatic carbocycles. The molecule has 0 spiro atoms. The molecule has 134 valence electrons. The number of fused-ring (bicyclic) bond motifs is 1. The van der Waals surface area contributed by atoms with Crippen LogP contribution in [0.15, 0.2) is 54.7 Å². The highest BCUT2D eigenvalue weighted by Crippen LogP contribution is 2.16. The number of amides is 1. The molecule has 26 heavy (non-hydrogen) atoms. The van der Waals surface area contributed by atoms with Gasteiger partial charge in [-0.2, -0.15) is 5.10 Å². The lowest BCUT2D eigenvalue weighted by Gasteiger charge is -2.08. The van der Waals surface area contributed by atoms with Gasteiger partial charge in [0.25, 0.3) is 0 Å². The van der Waals surface area contributed by atoms with E-state index in [1.165, 1.54) is 0 Å². The minimum absolute atomic E-state index is 0.236. The molecular formula is C19H19N3O4. The van der Waals surface area contributed by atoms with E-state index in [0.29, 0.717) is 19.5 Å². The highest BCUT2D eigenvalue weighted by atomic mass is 16.5. The number of alkyl carbamates (subject to hydrolysis) is 1. The van der Waals surface area contributed by atoms with E-state index in [1.54, 1.807) is 29.1 Å². The molecule has 0 aliphatic heterocycles. The molecular weight excluding hydrogens is 334 g/mol. The molecule has 2 N–H and O–H groups in total. The van der Waals surface area contributed by atoms with Gasteiger partial charge < -0.3 is 15.2 Å². The van der Waals surface area contributed by atoms with Crippen molar-refractivity contribution in [3.63, 3.8) is 0 Å². The third-order valence-electron chi connectivity index (χ3n) is 3.92. The fraction of sp³-hybridized carbons (Fsp3) is 0.211. The number of aromatic carboxylic acids is 1. The van der Waals surface area contributed by atoms with Gasteiger partial charge in [-0.1, -0.05) is 30.3 Å². The van der Waals surface area contributed by atoms with Crippen LogP contribution in [0.3, 0.4) is 0 Å². The summed E-state index contributed by atoms with van der Waals surface area (Å²) < 4.78 is 6.93. The van der Waals surface area contributed by atoms with Crippen molar-refractivity contribution in [1.82, 2.24) is 15.1 Å². The summed E-state index contributed by atoms with van der Waals surface area (Å²) in [5.41, 5.74) is 2.04. The summed E-state index contributed by atoms with van der Waals surface area (Å²) in [5, 5.41) is 16.8. The van der Waals surface area contributed by atoms with Crippen LogP contribution in [0.25, 0.3) is 10.9 Å². The third-order valence-corrected chi connectivity index (χ3v) is 3.92. The van der Waals surface area contributed by atoms with Crippen molar-refractivity contribution in [2.75, 3.05) is 6.54 Å². The molecule has 1 aromatic heterocycles. The Balaban J connectivity index is 1.44. The lowest BCUT2D eigenvalue weighted by atomic mass is 10.1. The number of carboxylic acids is 1. The van der Waals surface area contributed by atoms with E-state index >= 15 is 0 Å². The molecule has 2 aromatic carbocycles. The van der Waals surface area contributed by atoms with Crippen molar-refractivity contribution < 1.29 is 19.4 Å². The number of nitrogens with zero attached hydrogens (tertiary/aromatic N) is 2. The summed E-state index contributed by atoms with van der Waals surface area (Å²) in [6.07, 6.45) is 1.87. The second kappa shape index (κ2) is 8.15. The third kappa shape index (κ3) is 4.38. The molecule has 0 radical (unpaired) electrons. The number of carboxylic acid groups (broad SMARTS) is 1. The molecule has 0 bridgehead atoms. The average Bonchev–Trinajstić information content (AvgIpc) is 3.06. The Bertz CT molecular complexity index is 906. The predicted molar refractivity (Wildman–Crippen MR) is 95.9 cm³/mol. The molecule has 0 atom stereocenters. The number of carbonyl (C=O) groups excluding carboxylic acids is 1. The van der Waals surface area contributed by atoms with Crippen LogP contribution in [0, 0.1) is 0 Å². The van der Waals surface area contributed by atoms with Gasteiger partial charge in [0.1, 0.15) is 6.61 Å². The topological polar surface area (TPSA) is 93.5 Å². The van der Waals surface area contributed by atoms with Crippen LogP contribution < -0.4 is 5.32 Å². The van der Waals surface area contributed by atoms with Gasteiger partial charge in [-0.15, -0.1) is 0 Å². The van der Waals surface area contributed by atoms with Gasteiger partial charge >= 0.3 is 12.1 Å². The van der Waals surface area contributed by atoms with Gasteiger partial charge in [-0.25, -0.2) is 9.59 Å². The van der Waals surface area contributed by atoms with Gasteiger partial charge in [0.15, 0.2) is 0 Å². The number of ether oxygens (including phenoxy) is 1. The van der Waals surface area contributed by atoms with Crippen molar-refractivity contribution in [3.05, 3.63) is 65.9 Å². The molecule has 0 saturated carbocycles. The van der Waals surface area contributed by atoms with E-state index in [-0.39, 0.29) is 12.2 Å². The first-order valence-corrected chi connectivity index (χ1v) is 8.27. The normalized spacial score (nSPS) is 10.6. The summed E-state index contributed by atoms with van der Waals surface area (Å²) in [5.74, 6) is -0.960. The van der Waals surface area contributed by atoms with E-state index in [4.69, 9.17) is 9.84 Å². The number of hydrogen-bond donors (Lipinski definition) is 2. The van der Waals surface area contributed by atoms with Crippen LogP contribution in [-0.4, -0.2) is 33.5 Å². The Kier molecular flexibility index (Phi) is 5.48. The van der Waals surface area contributed by atoms with E-state index in [2.05, 4.69) is 10.4 Å².